The van der Waals surface area contributed by atoms with Gasteiger partial charge < -0.3 is 9.64 Å². The summed E-state index contributed by atoms with van der Waals surface area (Å²) in [7, 11) is -1.41. The fraction of sp³-hybridized carbons (Fsp3) is 0.467. The Balaban J connectivity index is 1.86. The van der Waals surface area contributed by atoms with Gasteiger partial charge in [-0.15, -0.1) is 0 Å². The Morgan fingerprint density at radius 1 is 1.35 bits per heavy atom. The van der Waals surface area contributed by atoms with Crippen LogP contribution in [0.3, 0.4) is 0 Å². The van der Waals surface area contributed by atoms with Gasteiger partial charge in [-0.05, 0) is 17.7 Å². The second-order valence-electron chi connectivity index (χ2n) is 5.69. The number of sulfone groups is 1. The summed E-state index contributed by atoms with van der Waals surface area (Å²) >= 11 is 1.40. The van der Waals surface area contributed by atoms with Crippen molar-refractivity contribution in [3.63, 3.8) is 0 Å². The first-order valence-electron chi connectivity index (χ1n) is 7.24. The predicted octanol–water partition coefficient (Wildman–Crippen LogP) is 1.31. The highest BCUT2D eigenvalue weighted by atomic mass is 32.2. The molecule has 0 aromatic heterocycles. The van der Waals surface area contributed by atoms with E-state index in [1.807, 2.05) is 29.2 Å². The maximum Gasteiger partial charge on any atom is 0.244 e. The van der Waals surface area contributed by atoms with E-state index in [1.165, 1.54) is 18.7 Å². The largest absolute Gasteiger partial charge is 0.497 e. The first-order valence-corrected chi connectivity index (χ1v) is 9.94. The lowest BCUT2D eigenvalue weighted by atomic mass is 10.1. The molecule has 1 amide bonds. The molecule has 2 saturated heterocycles. The van der Waals surface area contributed by atoms with Crippen molar-refractivity contribution >= 4 is 32.7 Å². The lowest BCUT2D eigenvalue weighted by molar-refractivity contribution is -0.115. The summed E-state index contributed by atoms with van der Waals surface area (Å²) in [5.74, 6) is 0.773. The minimum atomic E-state index is -3.02. The van der Waals surface area contributed by atoms with Gasteiger partial charge in [0.05, 0.1) is 24.7 Å². The van der Waals surface area contributed by atoms with E-state index in [0.29, 0.717) is 11.7 Å². The summed E-state index contributed by atoms with van der Waals surface area (Å²) in [6, 6.07) is 7.48. The van der Waals surface area contributed by atoms with Gasteiger partial charge in [0, 0.05) is 18.7 Å². The SMILES string of the molecule is COc1ccc(CN2C(=NC(C)=O)S[C@@H]3CS(=O)(=O)C[C@@H]32)cc1. The molecule has 0 N–H and O–H groups in total. The number of ether oxygens (including phenoxy) is 1. The normalized spacial score (nSPS) is 27.2. The van der Waals surface area contributed by atoms with Crippen LogP contribution in [-0.2, 0) is 21.2 Å². The van der Waals surface area contributed by atoms with Gasteiger partial charge in [-0.1, -0.05) is 23.9 Å². The van der Waals surface area contributed by atoms with Crippen LogP contribution in [-0.4, -0.2) is 54.3 Å². The van der Waals surface area contributed by atoms with Gasteiger partial charge in [0.2, 0.25) is 5.91 Å². The smallest absolute Gasteiger partial charge is 0.244 e. The van der Waals surface area contributed by atoms with Gasteiger partial charge in [0.25, 0.3) is 0 Å². The van der Waals surface area contributed by atoms with Crippen LogP contribution in [0.25, 0.3) is 0 Å². The number of fused-ring (bicyclic) bond motifs is 1. The second-order valence-corrected chi connectivity index (χ2v) is 9.05. The Labute approximate surface area is 139 Å². The maximum atomic E-state index is 11.9. The molecule has 1 aromatic rings. The molecular formula is C15H18N2O4S2. The van der Waals surface area contributed by atoms with Crippen LogP contribution >= 0.6 is 11.8 Å². The fourth-order valence-electron chi connectivity index (χ4n) is 2.88. The van der Waals surface area contributed by atoms with Crippen molar-refractivity contribution in [3.05, 3.63) is 29.8 Å². The van der Waals surface area contributed by atoms with Crippen molar-refractivity contribution in [3.8, 4) is 5.75 Å². The quantitative estimate of drug-likeness (QED) is 0.815. The van der Waals surface area contributed by atoms with E-state index in [1.54, 1.807) is 7.11 Å². The number of nitrogens with zero attached hydrogens (tertiary/aromatic N) is 2. The van der Waals surface area contributed by atoms with E-state index in [2.05, 4.69) is 4.99 Å². The van der Waals surface area contributed by atoms with Crippen LogP contribution in [0.2, 0.25) is 0 Å². The number of thioether (sulfide) groups is 1. The summed E-state index contributed by atoms with van der Waals surface area (Å²) < 4.78 is 28.9. The van der Waals surface area contributed by atoms with Gasteiger partial charge in [0.1, 0.15) is 5.75 Å². The zero-order valence-corrected chi connectivity index (χ0v) is 14.6. The third-order valence-corrected chi connectivity index (χ3v) is 7.19. The monoisotopic (exact) mass is 354 g/mol. The minimum absolute atomic E-state index is 0.0450. The van der Waals surface area contributed by atoms with Crippen LogP contribution in [0, 0.1) is 0 Å². The van der Waals surface area contributed by atoms with Gasteiger partial charge in [-0.25, -0.2) is 8.42 Å². The molecule has 2 fully saturated rings. The molecule has 8 heteroatoms. The Bertz CT molecular complexity index is 743. The number of amidine groups is 1. The number of carbonyl (C=O) groups excluding carboxylic acids is 1. The van der Waals surface area contributed by atoms with E-state index in [9.17, 15) is 13.2 Å². The summed E-state index contributed by atoms with van der Waals surface area (Å²) in [4.78, 5) is 17.4. The number of hydrogen-bond acceptors (Lipinski definition) is 5. The van der Waals surface area contributed by atoms with Crippen LogP contribution in [0.1, 0.15) is 12.5 Å². The molecule has 3 rings (SSSR count). The standard InChI is InChI=1S/C15H18N2O4S2/c1-10(18)16-15-17(7-11-3-5-12(21-2)6-4-11)13-8-23(19,20)9-14(13)22-15/h3-6,13-14H,7-9H2,1-2H3/t13-,14+/m0/s1. The molecule has 2 aliphatic heterocycles. The zero-order valence-electron chi connectivity index (χ0n) is 12.9. The predicted molar refractivity (Wildman–Crippen MR) is 90.5 cm³/mol. The fourth-order valence-corrected chi connectivity index (χ4v) is 6.88. The number of rotatable bonds is 3. The Hall–Kier alpha value is -1.54. The number of amides is 1. The van der Waals surface area contributed by atoms with Crippen molar-refractivity contribution in [2.75, 3.05) is 18.6 Å². The third kappa shape index (κ3) is 3.53. The molecule has 2 heterocycles. The molecule has 23 heavy (non-hydrogen) atoms. The van der Waals surface area contributed by atoms with Gasteiger partial charge in [-0.3, -0.25) is 4.79 Å². The number of methoxy groups -OCH3 is 1. The first kappa shape index (κ1) is 16.3. The van der Waals surface area contributed by atoms with E-state index in [-0.39, 0.29) is 28.7 Å². The highest BCUT2D eigenvalue weighted by Crippen LogP contribution is 2.39. The molecule has 0 spiro atoms. The average Bonchev–Trinajstić information content (AvgIpc) is 2.92. The van der Waals surface area contributed by atoms with Crippen LogP contribution in [0.5, 0.6) is 5.75 Å². The molecule has 0 saturated carbocycles. The lowest BCUT2D eigenvalue weighted by Crippen LogP contribution is -2.37. The van der Waals surface area contributed by atoms with Crippen molar-refractivity contribution in [1.82, 2.24) is 4.90 Å². The van der Waals surface area contributed by atoms with Crippen LogP contribution in [0.15, 0.2) is 29.3 Å². The topological polar surface area (TPSA) is 76.0 Å². The highest BCUT2D eigenvalue weighted by molar-refractivity contribution is 8.15. The molecule has 0 bridgehead atoms. The lowest BCUT2D eigenvalue weighted by Gasteiger charge is -2.24. The van der Waals surface area contributed by atoms with E-state index in [0.717, 1.165) is 11.3 Å². The average molecular weight is 354 g/mol. The number of aliphatic imine (C=N–C) groups is 1. The summed E-state index contributed by atoms with van der Waals surface area (Å²) in [6.45, 7) is 1.93. The molecule has 2 aliphatic rings. The van der Waals surface area contributed by atoms with Crippen molar-refractivity contribution in [2.24, 2.45) is 4.99 Å². The number of benzene rings is 1. The van der Waals surface area contributed by atoms with E-state index >= 15 is 0 Å². The zero-order chi connectivity index (χ0) is 16.6. The Morgan fingerprint density at radius 3 is 2.65 bits per heavy atom. The molecule has 2 atom stereocenters. The molecule has 0 radical (unpaired) electrons. The summed E-state index contributed by atoms with van der Waals surface area (Å²) in [6.07, 6.45) is 0. The van der Waals surface area contributed by atoms with Gasteiger partial charge in [-0.2, -0.15) is 4.99 Å². The Morgan fingerprint density at radius 2 is 2.04 bits per heavy atom. The molecule has 0 aliphatic carbocycles. The van der Waals surface area contributed by atoms with Crippen LogP contribution in [0.4, 0.5) is 0 Å². The molecular weight excluding hydrogens is 336 g/mol. The second kappa shape index (κ2) is 6.16. The van der Waals surface area contributed by atoms with Gasteiger partial charge >= 0.3 is 0 Å². The summed E-state index contributed by atoms with van der Waals surface area (Å²) in [5, 5.41) is 0.578. The number of carbonyl (C=O) groups is 1. The third-order valence-electron chi connectivity index (χ3n) is 3.94. The number of hydrogen-bond donors (Lipinski definition) is 0. The highest BCUT2D eigenvalue weighted by Gasteiger charge is 2.48. The molecule has 0 unspecified atom stereocenters. The van der Waals surface area contributed by atoms with Crippen molar-refractivity contribution in [1.29, 1.82) is 0 Å². The van der Waals surface area contributed by atoms with Crippen LogP contribution < -0.4 is 4.74 Å². The van der Waals surface area contributed by atoms with Crippen molar-refractivity contribution in [2.45, 2.75) is 24.8 Å². The minimum Gasteiger partial charge on any atom is -0.497 e. The van der Waals surface area contributed by atoms with Crippen molar-refractivity contribution < 1.29 is 17.9 Å². The molecule has 6 nitrogen and oxygen atoms in total. The Kier molecular flexibility index (Phi) is 4.37. The van der Waals surface area contributed by atoms with Gasteiger partial charge in [0.15, 0.2) is 15.0 Å². The summed E-state index contributed by atoms with van der Waals surface area (Å²) in [5.41, 5.74) is 1.02. The van der Waals surface area contributed by atoms with E-state index in [4.69, 9.17) is 4.74 Å². The molecule has 124 valence electrons. The first-order chi connectivity index (χ1) is 10.9. The molecule has 1 aromatic carbocycles. The van der Waals surface area contributed by atoms with E-state index < -0.39 is 9.84 Å². The maximum absolute atomic E-state index is 11.9.